The van der Waals surface area contributed by atoms with Gasteiger partial charge in [-0.15, -0.1) is 10.2 Å². The summed E-state index contributed by atoms with van der Waals surface area (Å²) in [4.78, 5) is 33.7. The topological polar surface area (TPSA) is 119 Å². The number of hydrogen-bond donors (Lipinski definition) is 1. The number of halogens is 1. The quantitative estimate of drug-likeness (QED) is 0.402. The molecule has 4 aromatic rings. The van der Waals surface area contributed by atoms with Crippen LogP contribution in [0.5, 0.6) is 0 Å². The molecule has 1 atom stereocenters. The maximum Gasteiger partial charge on any atom is 0.247 e. The normalized spacial score (nSPS) is 12.2. The van der Waals surface area contributed by atoms with Crippen LogP contribution >= 0.6 is 0 Å². The van der Waals surface area contributed by atoms with E-state index >= 15 is 0 Å². The van der Waals surface area contributed by atoms with Crippen molar-refractivity contribution in [3.8, 4) is 11.4 Å². The van der Waals surface area contributed by atoms with Crippen LogP contribution in [-0.4, -0.2) is 47.4 Å². The van der Waals surface area contributed by atoms with Gasteiger partial charge in [0.15, 0.2) is 0 Å². The van der Waals surface area contributed by atoms with Gasteiger partial charge in [0, 0.05) is 23.5 Å². The maximum atomic E-state index is 13.6. The molecule has 0 saturated heterocycles. The first-order chi connectivity index (χ1) is 17.2. The zero-order valence-electron chi connectivity index (χ0n) is 20.1. The zero-order chi connectivity index (χ0) is 25.7. The Labute approximate surface area is 207 Å². The minimum Gasteiger partial charge on any atom is -0.467 e. The number of benzene rings is 1. The van der Waals surface area contributed by atoms with E-state index in [4.69, 9.17) is 4.42 Å². The van der Waals surface area contributed by atoms with Gasteiger partial charge < -0.3 is 14.6 Å². The minimum atomic E-state index is -0.968. The van der Waals surface area contributed by atoms with Crippen LogP contribution in [0.3, 0.4) is 0 Å². The van der Waals surface area contributed by atoms with Gasteiger partial charge in [0.25, 0.3) is 0 Å². The first-order valence-corrected chi connectivity index (χ1v) is 11.3. The van der Waals surface area contributed by atoms with Crippen molar-refractivity contribution in [2.24, 2.45) is 0 Å². The van der Waals surface area contributed by atoms with E-state index in [1.807, 2.05) is 20.8 Å². The lowest BCUT2D eigenvalue weighted by Crippen LogP contribution is -2.49. The fraction of sp³-hybridized carbons (Fsp3) is 0.280. The molecule has 3 heterocycles. The highest BCUT2D eigenvalue weighted by Crippen LogP contribution is 2.25. The number of nitrogens with zero attached hydrogens (tertiary/aromatic N) is 6. The number of hydrogen-bond acceptors (Lipinski definition) is 7. The minimum absolute atomic E-state index is 0.0376. The predicted molar refractivity (Wildman–Crippen MR) is 127 cm³/mol. The Morgan fingerprint density at radius 3 is 2.47 bits per heavy atom. The van der Waals surface area contributed by atoms with Crippen LogP contribution in [0.15, 0.2) is 71.6 Å². The van der Waals surface area contributed by atoms with Gasteiger partial charge in [-0.3, -0.25) is 14.6 Å². The molecule has 0 aliphatic carbocycles. The Bertz CT molecular complexity index is 1300. The lowest BCUT2D eigenvalue weighted by molar-refractivity contribution is -0.143. The lowest BCUT2D eigenvalue weighted by Gasteiger charge is -2.33. The van der Waals surface area contributed by atoms with Crippen LogP contribution in [-0.2, 0) is 22.7 Å². The number of carbonyl (C=O) groups is 2. The summed E-state index contributed by atoms with van der Waals surface area (Å²) in [6.45, 7) is 5.35. The smallest absolute Gasteiger partial charge is 0.247 e. The number of furan rings is 1. The van der Waals surface area contributed by atoms with Gasteiger partial charge in [-0.2, -0.15) is 4.80 Å². The molecule has 186 valence electrons. The molecule has 11 heteroatoms. The molecule has 1 aromatic carbocycles. The van der Waals surface area contributed by atoms with Crippen LogP contribution in [0.1, 0.15) is 38.1 Å². The number of pyridine rings is 1. The monoisotopic (exact) mass is 491 g/mol. The number of carbonyl (C=O) groups excluding carboxylic acids is 2. The largest absolute Gasteiger partial charge is 0.467 e. The Balaban J connectivity index is 1.65. The third-order valence-corrected chi connectivity index (χ3v) is 5.14. The summed E-state index contributed by atoms with van der Waals surface area (Å²) in [6, 6.07) is 11.5. The second kappa shape index (κ2) is 10.5. The van der Waals surface area contributed by atoms with Crippen molar-refractivity contribution < 1.29 is 18.4 Å². The van der Waals surface area contributed by atoms with Crippen molar-refractivity contribution in [1.82, 2.24) is 35.4 Å². The Morgan fingerprint density at radius 1 is 1.11 bits per heavy atom. The van der Waals surface area contributed by atoms with Crippen molar-refractivity contribution in [1.29, 1.82) is 0 Å². The van der Waals surface area contributed by atoms with E-state index in [-0.39, 0.29) is 30.6 Å². The summed E-state index contributed by atoms with van der Waals surface area (Å²) >= 11 is 0. The van der Waals surface area contributed by atoms with Crippen molar-refractivity contribution >= 4 is 11.8 Å². The highest BCUT2D eigenvalue weighted by molar-refractivity contribution is 5.89. The average Bonchev–Trinajstić information content (AvgIpc) is 3.51. The van der Waals surface area contributed by atoms with Crippen molar-refractivity contribution in [3.05, 3.63) is 84.3 Å². The molecule has 2 amide bonds. The summed E-state index contributed by atoms with van der Waals surface area (Å²) in [6.07, 6.45) is 4.63. The van der Waals surface area contributed by atoms with Crippen LogP contribution < -0.4 is 5.32 Å². The van der Waals surface area contributed by atoms with E-state index < -0.39 is 17.5 Å². The molecule has 36 heavy (non-hydrogen) atoms. The first kappa shape index (κ1) is 24.7. The molecule has 3 aromatic heterocycles. The fourth-order valence-corrected chi connectivity index (χ4v) is 3.59. The zero-order valence-corrected chi connectivity index (χ0v) is 20.1. The SMILES string of the molecule is CC(C)(C)NC(=O)C(c1ccncc1)N(Cc1ccco1)C(=O)Cn1nnc(-c2ccc(F)cc2)n1. The molecule has 0 aliphatic heterocycles. The van der Waals surface area contributed by atoms with Gasteiger partial charge in [-0.25, -0.2) is 4.39 Å². The second-order valence-corrected chi connectivity index (χ2v) is 9.17. The van der Waals surface area contributed by atoms with Gasteiger partial charge in [0.2, 0.25) is 17.6 Å². The highest BCUT2D eigenvalue weighted by Gasteiger charge is 2.34. The van der Waals surface area contributed by atoms with Crippen LogP contribution in [0, 0.1) is 5.82 Å². The van der Waals surface area contributed by atoms with E-state index in [1.54, 1.807) is 36.7 Å². The molecule has 0 spiro atoms. The highest BCUT2D eigenvalue weighted by atomic mass is 19.1. The standard InChI is InChI=1S/C25H26FN7O3/c1-25(2,3)28-24(35)22(17-10-12-27-13-11-17)32(15-20-5-4-14-36-20)21(34)16-33-30-23(29-31-33)18-6-8-19(26)9-7-18/h4-14,22H,15-16H2,1-3H3,(H,28,35). The molecule has 0 aliphatic rings. The van der Waals surface area contributed by atoms with E-state index in [9.17, 15) is 14.0 Å². The average molecular weight is 492 g/mol. The third kappa shape index (κ3) is 6.17. The van der Waals surface area contributed by atoms with Crippen molar-refractivity contribution in [3.63, 3.8) is 0 Å². The van der Waals surface area contributed by atoms with Gasteiger partial charge in [-0.05, 0) is 80.1 Å². The molecule has 1 N–H and O–H groups in total. The van der Waals surface area contributed by atoms with Gasteiger partial charge in [0.1, 0.15) is 24.2 Å². The number of amides is 2. The fourth-order valence-electron chi connectivity index (χ4n) is 3.59. The molecule has 1 unspecified atom stereocenters. The number of nitrogens with one attached hydrogen (secondary N) is 1. The van der Waals surface area contributed by atoms with Gasteiger partial charge in [-0.1, -0.05) is 0 Å². The predicted octanol–water partition coefficient (Wildman–Crippen LogP) is 3.15. The summed E-state index contributed by atoms with van der Waals surface area (Å²) in [5.74, 6) is -0.417. The van der Waals surface area contributed by atoms with E-state index in [2.05, 4.69) is 25.7 Å². The summed E-state index contributed by atoms with van der Waals surface area (Å²) in [5.41, 5.74) is 0.617. The van der Waals surface area contributed by atoms with Gasteiger partial charge in [0.05, 0.1) is 12.8 Å². The van der Waals surface area contributed by atoms with E-state index in [0.29, 0.717) is 16.9 Å². The van der Waals surface area contributed by atoms with Crippen LogP contribution in [0.2, 0.25) is 0 Å². The molecule has 0 radical (unpaired) electrons. The molecule has 4 rings (SSSR count). The Kier molecular flexibility index (Phi) is 7.18. The molecule has 0 fully saturated rings. The first-order valence-electron chi connectivity index (χ1n) is 11.3. The second-order valence-electron chi connectivity index (χ2n) is 9.17. The summed E-state index contributed by atoms with van der Waals surface area (Å²) in [7, 11) is 0. The molecular weight excluding hydrogens is 465 g/mol. The molecule has 0 bridgehead atoms. The number of rotatable bonds is 8. The van der Waals surface area contributed by atoms with E-state index in [0.717, 1.165) is 4.80 Å². The molecular formula is C25H26FN7O3. The van der Waals surface area contributed by atoms with Crippen LogP contribution in [0.4, 0.5) is 4.39 Å². The Hall–Kier alpha value is -4.41. The molecule has 0 saturated carbocycles. The maximum absolute atomic E-state index is 13.6. The van der Waals surface area contributed by atoms with Crippen molar-refractivity contribution in [2.45, 2.75) is 45.4 Å². The van der Waals surface area contributed by atoms with Gasteiger partial charge >= 0.3 is 0 Å². The third-order valence-electron chi connectivity index (χ3n) is 5.14. The van der Waals surface area contributed by atoms with Crippen LogP contribution in [0.25, 0.3) is 11.4 Å². The summed E-state index contributed by atoms with van der Waals surface area (Å²) in [5, 5.41) is 15.2. The molecule has 10 nitrogen and oxygen atoms in total. The van der Waals surface area contributed by atoms with Crippen molar-refractivity contribution in [2.75, 3.05) is 0 Å². The van der Waals surface area contributed by atoms with E-state index in [1.165, 1.54) is 35.4 Å². The number of aromatic nitrogens is 5. The summed E-state index contributed by atoms with van der Waals surface area (Å²) < 4.78 is 18.7. The Morgan fingerprint density at radius 2 is 1.83 bits per heavy atom. The lowest BCUT2D eigenvalue weighted by atomic mass is 10.0. The number of tetrazole rings is 1.